The minimum atomic E-state index is -4.48. The Kier molecular flexibility index (Phi) is 5.14. The number of amides is 1. The number of carbonyl (C=O) groups is 1. The van der Waals surface area contributed by atoms with E-state index in [1.807, 2.05) is 11.8 Å². The van der Waals surface area contributed by atoms with Gasteiger partial charge in [0.25, 0.3) is 0 Å². The Morgan fingerprint density at radius 3 is 2.72 bits per heavy atom. The second-order valence-corrected chi connectivity index (χ2v) is 8.26. The number of fused-ring (bicyclic) bond motifs is 1. The zero-order valence-corrected chi connectivity index (χ0v) is 16.1. The van der Waals surface area contributed by atoms with Crippen LogP contribution in [0.2, 0.25) is 0 Å². The van der Waals surface area contributed by atoms with E-state index in [4.69, 9.17) is 0 Å². The highest BCUT2D eigenvalue weighted by atomic mass is 19.4. The number of alkyl halides is 3. The summed E-state index contributed by atoms with van der Waals surface area (Å²) in [6.07, 6.45) is -1.59. The first-order valence-electron chi connectivity index (χ1n) is 9.92. The number of hydrogen-bond acceptors (Lipinski definition) is 4. The van der Waals surface area contributed by atoms with Crippen LogP contribution in [0.4, 0.5) is 18.9 Å². The Hall–Kier alpha value is -2.35. The number of anilines is 1. The molecule has 156 valence electrons. The van der Waals surface area contributed by atoms with Gasteiger partial charge in [0.05, 0.1) is 11.1 Å². The monoisotopic (exact) mass is 407 g/mol. The number of nitrogens with zero attached hydrogens (tertiary/aromatic N) is 2. The summed E-state index contributed by atoms with van der Waals surface area (Å²) in [4.78, 5) is 18.3. The summed E-state index contributed by atoms with van der Waals surface area (Å²) in [5.74, 6) is -0.0660. The maximum atomic E-state index is 13.4. The van der Waals surface area contributed by atoms with Crippen LogP contribution < -0.4 is 10.2 Å². The summed E-state index contributed by atoms with van der Waals surface area (Å²) in [6.45, 7) is 3.20. The molecule has 2 heterocycles. The average molecular weight is 407 g/mol. The molecule has 2 fully saturated rings. The smallest absolute Gasteiger partial charge is 0.383 e. The summed E-state index contributed by atoms with van der Waals surface area (Å²) in [5, 5.41) is 13.4. The second-order valence-electron chi connectivity index (χ2n) is 8.26. The van der Waals surface area contributed by atoms with Gasteiger partial charge in [0.1, 0.15) is 6.10 Å². The maximum Gasteiger partial charge on any atom is 0.418 e. The van der Waals surface area contributed by atoms with E-state index in [0.717, 1.165) is 25.3 Å². The number of rotatable bonds is 4. The molecule has 0 unspecified atom stereocenters. The minimum Gasteiger partial charge on any atom is -0.383 e. The number of benzene rings is 1. The highest BCUT2D eigenvalue weighted by molar-refractivity contribution is 5.94. The second kappa shape index (κ2) is 7.48. The van der Waals surface area contributed by atoms with Gasteiger partial charge in [0.2, 0.25) is 5.91 Å². The van der Waals surface area contributed by atoms with Crippen molar-refractivity contribution >= 4 is 22.5 Å². The van der Waals surface area contributed by atoms with Crippen molar-refractivity contribution in [3.8, 4) is 0 Å². The fourth-order valence-corrected chi connectivity index (χ4v) is 4.23. The van der Waals surface area contributed by atoms with Crippen LogP contribution in [0.15, 0.2) is 30.5 Å². The van der Waals surface area contributed by atoms with Crippen molar-refractivity contribution < 1.29 is 23.1 Å². The lowest BCUT2D eigenvalue weighted by molar-refractivity contribution is -0.136. The Balaban J connectivity index is 1.60. The Bertz CT molecular complexity index is 914. The number of pyridine rings is 1. The topological polar surface area (TPSA) is 65.5 Å². The average Bonchev–Trinajstić information content (AvgIpc) is 3.50. The molecule has 1 aliphatic carbocycles. The van der Waals surface area contributed by atoms with Crippen molar-refractivity contribution in [3.05, 3.63) is 36.0 Å². The molecule has 1 aromatic heterocycles. The third-order valence-corrected chi connectivity index (χ3v) is 5.74. The molecule has 1 aliphatic heterocycles. The normalized spacial score (nSPS) is 23.8. The number of aliphatic hydroxyl groups is 1. The van der Waals surface area contributed by atoms with E-state index in [1.165, 1.54) is 12.3 Å². The van der Waals surface area contributed by atoms with Crippen LogP contribution in [0.5, 0.6) is 0 Å². The van der Waals surface area contributed by atoms with Crippen LogP contribution in [-0.2, 0) is 11.0 Å². The molecule has 4 rings (SSSR count). The van der Waals surface area contributed by atoms with E-state index >= 15 is 0 Å². The lowest BCUT2D eigenvalue weighted by Crippen LogP contribution is -2.52. The van der Waals surface area contributed by atoms with Crippen LogP contribution in [0.25, 0.3) is 10.9 Å². The van der Waals surface area contributed by atoms with E-state index in [-0.39, 0.29) is 29.3 Å². The first kappa shape index (κ1) is 19.9. The van der Waals surface area contributed by atoms with Gasteiger partial charge in [-0.3, -0.25) is 9.78 Å². The number of halogens is 3. The number of nitrogens with one attached hydrogen (secondary N) is 1. The molecule has 2 N–H and O–H groups in total. The summed E-state index contributed by atoms with van der Waals surface area (Å²) < 4.78 is 40.1. The van der Waals surface area contributed by atoms with Gasteiger partial charge in [-0.2, -0.15) is 13.2 Å². The van der Waals surface area contributed by atoms with Gasteiger partial charge in [0.15, 0.2) is 0 Å². The highest BCUT2D eigenvalue weighted by Crippen LogP contribution is 2.38. The van der Waals surface area contributed by atoms with Crippen LogP contribution in [0.3, 0.4) is 0 Å². The molecular weight excluding hydrogens is 383 g/mol. The van der Waals surface area contributed by atoms with Crippen molar-refractivity contribution in [1.82, 2.24) is 10.3 Å². The molecule has 1 amide bonds. The molecule has 2 aliphatic rings. The number of carbonyl (C=O) groups excluding carboxylic acids is 1. The highest BCUT2D eigenvalue weighted by Gasteiger charge is 2.37. The van der Waals surface area contributed by atoms with Gasteiger partial charge in [-0.25, -0.2) is 0 Å². The summed E-state index contributed by atoms with van der Waals surface area (Å²) >= 11 is 0. The van der Waals surface area contributed by atoms with E-state index in [0.29, 0.717) is 24.2 Å². The number of piperidine rings is 1. The van der Waals surface area contributed by atoms with Gasteiger partial charge in [-0.05, 0) is 55.4 Å². The van der Waals surface area contributed by atoms with E-state index in [2.05, 4.69) is 10.3 Å². The summed E-state index contributed by atoms with van der Waals surface area (Å²) in [6, 6.07) is 5.67. The molecule has 0 radical (unpaired) electrons. The zero-order valence-electron chi connectivity index (χ0n) is 16.1. The van der Waals surface area contributed by atoms with Crippen LogP contribution >= 0.6 is 0 Å². The molecule has 1 aromatic carbocycles. The molecule has 5 nitrogen and oxygen atoms in total. The Morgan fingerprint density at radius 1 is 1.28 bits per heavy atom. The van der Waals surface area contributed by atoms with Gasteiger partial charge in [0, 0.05) is 36.4 Å². The minimum absolute atomic E-state index is 0.0528. The first-order chi connectivity index (χ1) is 13.7. The molecular formula is C21H24F3N3O2. The zero-order chi connectivity index (χ0) is 20.8. The van der Waals surface area contributed by atoms with Gasteiger partial charge < -0.3 is 15.3 Å². The molecule has 8 heteroatoms. The fourth-order valence-electron chi connectivity index (χ4n) is 4.23. The van der Waals surface area contributed by atoms with Crippen molar-refractivity contribution in [1.29, 1.82) is 0 Å². The third kappa shape index (κ3) is 4.17. The molecule has 1 saturated heterocycles. The SMILES string of the molecule is C[C@H]1C[C@@H](NC(=O)[C@H](O)C2CC2)CN(c2ccc(C(F)(F)F)c3ncccc23)C1. The Morgan fingerprint density at radius 2 is 2.03 bits per heavy atom. The largest absolute Gasteiger partial charge is 0.418 e. The summed E-state index contributed by atoms with van der Waals surface area (Å²) in [5.41, 5.74) is -0.144. The number of hydrogen-bond donors (Lipinski definition) is 2. The predicted octanol–water partition coefficient (Wildman–Crippen LogP) is 3.36. The van der Waals surface area contributed by atoms with Crippen molar-refractivity contribution in [2.45, 2.75) is 44.5 Å². The quantitative estimate of drug-likeness (QED) is 0.816. The first-order valence-corrected chi connectivity index (χ1v) is 9.92. The van der Waals surface area contributed by atoms with E-state index in [1.54, 1.807) is 12.1 Å². The number of aromatic nitrogens is 1. The molecule has 3 atom stereocenters. The van der Waals surface area contributed by atoms with E-state index in [9.17, 15) is 23.1 Å². The Labute approximate surface area is 166 Å². The molecule has 0 bridgehead atoms. The predicted molar refractivity (Wildman–Crippen MR) is 103 cm³/mol. The standard InChI is InChI=1S/C21H24F3N3O2/c1-12-9-14(26-20(29)19(28)13-4-5-13)11-27(10-12)17-7-6-16(21(22,23)24)18-15(17)3-2-8-25-18/h2-3,6-8,12-14,19,28H,4-5,9-11H2,1H3,(H,26,29)/t12-,14+,19+/m0/s1. The lowest BCUT2D eigenvalue weighted by atomic mass is 9.94. The van der Waals surface area contributed by atoms with Crippen LogP contribution in [-0.4, -0.2) is 41.2 Å². The molecule has 29 heavy (non-hydrogen) atoms. The van der Waals surface area contributed by atoms with Gasteiger partial charge in [-0.15, -0.1) is 0 Å². The molecule has 2 aromatic rings. The number of aliphatic hydroxyl groups excluding tert-OH is 1. The van der Waals surface area contributed by atoms with Crippen molar-refractivity contribution in [2.75, 3.05) is 18.0 Å². The maximum absolute atomic E-state index is 13.4. The third-order valence-electron chi connectivity index (χ3n) is 5.74. The van der Waals surface area contributed by atoms with Crippen molar-refractivity contribution in [3.63, 3.8) is 0 Å². The van der Waals surface area contributed by atoms with Gasteiger partial charge in [-0.1, -0.05) is 6.92 Å². The van der Waals surface area contributed by atoms with Crippen molar-refractivity contribution in [2.24, 2.45) is 11.8 Å². The van der Waals surface area contributed by atoms with Gasteiger partial charge >= 0.3 is 6.18 Å². The summed E-state index contributed by atoms with van der Waals surface area (Å²) in [7, 11) is 0. The fraction of sp³-hybridized carbons (Fsp3) is 0.524. The van der Waals surface area contributed by atoms with Crippen LogP contribution in [0, 0.1) is 11.8 Å². The molecule has 1 saturated carbocycles. The molecule has 0 spiro atoms. The van der Waals surface area contributed by atoms with E-state index < -0.39 is 17.8 Å². The lowest BCUT2D eigenvalue weighted by Gasteiger charge is -2.39. The van der Waals surface area contributed by atoms with Crippen LogP contribution in [0.1, 0.15) is 31.7 Å².